The van der Waals surface area contributed by atoms with Crippen molar-refractivity contribution < 1.29 is 4.52 Å². The van der Waals surface area contributed by atoms with Crippen molar-refractivity contribution in [2.24, 2.45) is 5.73 Å². The molecule has 102 valence electrons. The summed E-state index contributed by atoms with van der Waals surface area (Å²) in [4.78, 5) is 7.00. The van der Waals surface area contributed by atoms with E-state index in [2.05, 4.69) is 28.9 Å². The van der Waals surface area contributed by atoms with Gasteiger partial charge in [-0.05, 0) is 46.2 Å². The lowest BCUT2D eigenvalue weighted by Crippen LogP contribution is -2.39. The molecule has 0 aromatic carbocycles. The highest BCUT2D eigenvalue weighted by atomic mass is 16.5. The van der Waals surface area contributed by atoms with Gasteiger partial charge in [0.15, 0.2) is 5.82 Å². The van der Waals surface area contributed by atoms with Crippen molar-refractivity contribution in [2.75, 3.05) is 19.6 Å². The number of nitrogens with two attached hydrogens (primary N) is 1. The van der Waals surface area contributed by atoms with E-state index in [1.54, 1.807) is 0 Å². The third-order valence-corrected chi connectivity index (χ3v) is 3.63. The van der Waals surface area contributed by atoms with Crippen LogP contribution in [0.15, 0.2) is 4.52 Å². The molecule has 18 heavy (non-hydrogen) atoms. The summed E-state index contributed by atoms with van der Waals surface area (Å²) in [5.41, 5.74) is 5.48. The highest BCUT2D eigenvalue weighted by Gasteiger charge is 2.26. The van der Waals surface area contributed by atoms with Gasteiger partial charge in [-0.2, -0.15) is 4.98 Å². The van der Waals surface area contributed by atoms with Gasteiger partial charge in [-0.25, -0.2) is 0 Å². The topological polar surface area (TPSA) is 68.2 Å². The number of nitrogens with zero attached hydrogens (tertiary/aromatic N) is 3. The molecule has 1 aliphatic rings. The van der Waals surface area contributed by atoms with Crippen LogP contribution >= 0.6 is 0 Å². The number of aromatic nitrogens is 2. The third kappa shape index (κ3) is 3.29. The summed E-state index contributed by atoms with van der Waals surface area (Å²) >= 11 is 0. The first-order valence-electron chi connectivity index (χ1n) is 6.97. The minimum absolute atomic E-state index is 0.427. The van der Waals surface area contributed by atoms with Crippen LogP contribution in [-0.4, -0.2) is 40.7 Å². The average molecular weight is 252 g/mol. The molecule has 0 bridgehead atoms. The molecule has 1 aromatic heterocycles. The van der Waals surface area contributed by atoms with Crippen LogP contribution in [0.25, 0.3) is 0 Å². The van der Waals surface area contributed by atoms with E-state index in [0.717, 1.165) is 31.1 Å². The molecule has 0 amide bonds. The molecular weight excluding hydrogens is 228 g/mol. The highest BCUT2D eigenvalue weighted by Crippen LogP contribution is 2.26. The van der Waals surface area contributed by atoms with Gasteiger partial charge in [0.2, 0.25) is 5.89 Å². The smallest absolute Gasteiger partial charge is 0.226 e. The first-order chi connectivity index (χ1) is 8.70. The molecular formula is C13H24N4O. The van der Waals surface area contributed by atoms with Crippen molar-refractivity contribution in [1.82, 2.24) is 15.0 Å². The molecule has 2 N–H and O–H groups in total. The number of rotatable bonds is 5. The number of aryl methyl sites for hydroxylation is 1. The molecule has 1 unspecified atom stereocenters. The maximum Gasteiger partial charge on any atom is 0.226 e. The first-order valence-corrected chi connectivity index (χ1v) is 6.97. The predicted octanol–water partition coefficient (Wildman–Crippen LogP) is 1.55. The predicted molar refractivity (Wildman–Crippen MR) is 70.4 cm³/mol. The van der Waals surface area contributed by atoms with Gasteiger partial charge >= 0.3 is 0 Å². The number of hydrogen-bond donors (Lipinski definition) is 1. The number of likely N-dealkylation sites (tertiary alicyclic amines) is 1. The fraction of sp³-hybridized carbons (Fsp3) is 0.846. The van der Waals surface area contributed by atoms with Crippen molar-refractivity contribution in [3.05, 3.63) is 11.7 Å². The Labute approximate surface area is 109 Å². The van der Waals surface area contributed by atoms with E-state index >= 15 is 0 Å². The number of hydrogen-bond acceptors (Lipinski definition) is 5. The molecule has 1 fully saturated rings. The standard InChI is InChI=1S/C13H24N4O/c1-10(2)17-8-4-5-11(9-17)13-15-12(18-16-13)6-3-7-14/h10-11H,3-9,14H2,1-2H3. The molecule has 0 saturated carbocycles. The molecule has 2 rings (SSSR count). The minimum Gasteiger partial charge on any atom is -0.339 e. The lowest BCUT2D eigenvalue weighted by Gasteiger charge is -2.34. The Morgan fingerprint density at radius 1 is 1.50 bits per heavy atom. The summed E-state index contributed by atoms with van der Waals surface area (Å²) in [5.74, 6) is 2.04. The Balaban J connectivity index is 1.95. The fourth-order valence-corrected chi connectivity index (χ4v) is 2.47. The van der Waals surface area contributed by atoms with Crippen molar-refractivity contribution >= 4 is 0 Å². The summed E-state index contributed by atoms with van der Waals surface area (Å²) in [6, 6.07) is 0.594. The molecule has 0 spiro atoms. The van der Waals surface area contributed by atoms with E-state index in [4.69, 9.17) is 10.3 Å². The van der Waals surface area contributed by atoms with Crippen LogP contribution in [0.1, 0.15) is 50.7 Å². The van der Waals surface area contributed by atoms with Crippen LogP contribution in [-0.2, 0) is 6.42 Å². The van der Waals surface area contributed by atoms with Gasteiger partial charge in [-0.3, -0.25) is 0 Å². The lowest BCUT2D eigenvalue weighted by molar-refractivity contribution is 0.163. The van der Waals surface area contributed by atoms with Gasteiger partial charge in [-0.1, -0.05) is 5.16 Å². The zero-order valence-corrected chi connectivity index (χ0v) is 11.4. The quantitative estimate of drug-likeness (QED) is 0.861. The third-order valence-electron chi connectivity index (χ3n) is 3.63. The van der Waals surface area contributed by atoms with Crippen molar-refractivity contribution in [3.8, 4) is 0 Å². The molecule has 1 aliphatic heterocycles. The maximum absolute atomic E-state index is 5.48. The van der Waals surface area contributed by atoms with Gasteiger partial charge in [0.05, 0.1) is 0 Å². The minimum atomic E-state index is 0.427. The van der Waals surface area contributed by atoms with E-state index in [-0.39, 0.29) is 0 Å². The first kappa shape index (κ1) is 13.5. The molecule has 1 aromatic rings. The van der Waals surface area contributed by atoms with Crippen LogP contribution in [0.4, 0.5) is 0 Å². The molecule has 5 nitrogen and oxygen atoms in total. The Morgan fingerprint density at radius 3 is 3.06 bits per heavy atom. The van der Waals surface area contributed by atoms with Gasteiger partial charge in [0.1, 0.15) is 0 Å². The van der Waals surface area contributed by atoms with Crippen LogP contribution in [0.5, 0.6) is 0 Å². The average Bonchev–Trinajstić information content (AvgIpc) is 2.85. The Kier molecular flexibility index (Phi) is 4.72. The van der Waals surface area contributed by atoms with E-state index in [9.17, 15) is 0 Å². The molecule has 1 atom stereocenters. The van der Waals surface area contributed by atoms with Gasteiger partial charge in [0.25, 0.3) is 0 Å². The second-order valence-electron chi connectivity index (χ2n) is 5.37. The second kappa shape index (κ2) is 6.29. The summed E-state index contributed by atoms with van der Waals surface area (Å²) in [6.07, 6.45) is 4.09. The number of piperidine rings is 1. The van der Waals surface area contributed by atoms with Gasteiger partial charge in [0, 0.05) is 24.9 Å². The molecule has 2 heterocycles. The van der Waals surface area contributed by atoms with Crippen LogP contribution in [0.2, 0.25) is 0 Å². The van der Waals surface area contributed by atoms with Crippen molar-refractivity contribution in [2.45, 2.75) is 51.5 Å². The zero-order chi connectivity index (χ0) is 13.0. The summed E-state index contributed by atoms with van der Waals surface area (Å²) in [5, 5.41) is 4.13. The van der Waals surface area contributed by atoms with Crippen LogP contribution in [0.3, 0.4) is 0 Å². The summed E-state index contributed by atoms with van der Waals surface area (Å²) in [6.45, 7) is 7.39. The molecule has 0 radical (unpaired) electrons. The second-order valence-corrected chi connectivity index (χ2v) is 5.37. The SMILES string of the molecule is CC(C)N1CCCC(c2noc(CCCN)n2)C1. The monoisotopic (exact) mass is 252 g/mol. The fourth-order valence-electron chi connectivity index (χ4n) is 2.47. The van der Waals surface area contributed by atoms with E-state index in [0.29, 0.717) is 18.5 Å². The largest absolute Gasteiger partial charge is 0.339 e. The van der Waals surface area contributed by atoms with Crippen molar-refractivity contribution in [1.29, 1.82) is 0 Å². The van der Waals surface area contributed by atoms with Crippen LogP contribution in [0, 0.1) is 0 Å². The Bertz CT molecular complexity index is 364. The lowest BCUT2D eigenvalue weighted by atomic mass is 9.96. The van der Waals surface area contributed by atoms with Gasteiger partial charge in [-0.15, -0.1) is 0 Å². The van der Waals surface area contributed by atoms with Crippen LogP contribution < -0.4 is 5.73 Å². The van der Waals surface area contributed by atoms with Crippen molar-refractivity contribution in [3.63, 3.8) is 0 Å². The Morgan fingerprint density at radius 2 is 2.33 bits per heavy atom. The maximum atomic E-state index is 5.48. The van der Waals surface area contributed by atoms with E-state index in [1.165, 1.54) is 19.4 Å². The molecule has 0 aliphatic carbocycles. The molecule has 5 heteroatoms. The van der Waals surface area contributed by atoms with E-state index in [1.807, 2.05) is 0 Å². The zero-order valence-electron chi connectivity index (χ0n) is 11.4. The van der Waals surface area contributed by atoms with E-state index < -0.39 is 0 Å². The summed E-state index contributed by atoms with van der Waals surface area (Å²) in [7, 11) is 0. The highest BCUT2D eigenvalue weighted by molar-refractivity contribution is 4.99. The summed E-state index contributed by atoms with van der Waals surface area (Å²) < 4.78 is 5.28. The Hall–Kier alpha value is -0.940. The normalized spacial score (nSPS) is 21.7. The van der Waals surface area contributed by atoms with Gasteiger partial charge < -0.3 is 15.2 Å². The molecule has 1 saturated heterocycles.